The molecule has 0 N–H and O–H groups in total. The molecule has 1 aromatic rings. The van der Waals surface area contributed by atoms with Gasteiger partial charge in [-0.2, -0.15) is 0 Å². The molecular formula is C15H19F2NO. The Labute approximate surface area is 112 Å². The summed E-state index contributed by atoms with van der Waals surface area (Å²) >= 11 is 0. The zero-order valence-corrected chi connectivity index (χ0v) is 11.4. The molecule has 0 aromatic heterocycles. The van der Waals surface area contributed by atoms with Gasteiger partial charge in [0.05, 0.1) is 0 Å². The number of hydrogen-bond acceptors (Lipinski definition) is 1. The first kappa shape index (κ1) is 14.0. The summed E-state index contributed by atoms with van der Waals surface area (Å²) in [5.74, 6) is -1.94. The normalized spacial score (nSPS) is 16.3. The van der Waals surface area contributed by atoms with Crippen LogP contribution in [0, 0.1) is 25.5 Å². The van der Waals surface area contributed by atoms with Gasteiger partial charge in [0.15, 0.2) is 11.6 Å². The molecule has 0 aliphatic carbocycles. The van der Waals surface area contributed by atoms with Crippen LogP contribution in [0.1, 0.15) is 47.2 Å². The molecule has 1 saturated heterocycles. The van der Waals surface area contributed by atoms with Crippen molar-refractivity contribution in [2.45, 2.75) is 39.5 Å². The Morgan fingerprint density at radius 2 is 1.63 bits per heavy atom. The number of halogens is 2. The maximum Gasteiger partial charge on any atom is 0.254 e. The van der Waals surface area contributed by atoms with Crippen LogP contribution in [0.25, 0.3) is 0 Å². The van der Waals surface area contributed by atoms with Crippen molar-refractivity contribution in [2.24, 2.45) is 0 Å². The van der Waals surface area contributed by atoms with E-state index in [1.54, 1.807) is 4.90 Å². The number of aryl methyl sites for hydroxylation is 1. The van der Waals surface area contributed by atoms with Gasteiger partial charge in [0.2, 0.25) is 0 Å². The molecule has 19 heavy (non-hydrogen) atoms. The van der Waals surface area contributed by atoms with Crippen molar-refractivity contribution in [3.05, 3.63) is 34.4 Å². The standard InChI is InChI=1S/C15H19F2NO/c1-10-9-12(11(2)14(17)13(10)16)15(19)18-7-5-3-4-6-8-18/h9H,3-8H2,1-2H3. The molecule has 1 heterocycles. The van der Waals surface area contributed by atoms with Crippen LogP contribution in [0.2, 0.25) is 0 Å². The summed E-state index contributed by atoms with van der Waals surface area (Å²) in [5.41, 5.74) is 0.580. The lowest BCUT2D eigenvalue weighted by Crippen LogP contribution is -2.32. The Morgan fingerprint density at radius 3 is 2.21 bits per heavy atom. The Kier molecular flexibility index (Phi) is 4.17. The molecule has 1 amide bonds. The van der Waals surface area contributed by atoms with Gasteiger partial charge in [-0.05, 0) is 38.3 Å². The molecule has 1 aliphatic rings. The van der Waals surface area contributed by atoms with E-state index in [0.717, 1.165) is 25.7 Å². The van der Waals surface area contributed by atoms with E-state index in [4.69, 9.17) is 0 Å². The van der Waals surface area contributed by atoms with Gasteiger partial charge < -0.3 is 4.90 Å². The van der Waals surface area contributed by atoms with E-state index in [9.17, 15) is 13.6 Å². The third-order valence-corrected chi connectivity index (χ3v) is 3.76. The molecule has 0 atom stereocenters. The highest BCUT2D eigenvalue weighted by Gasteiger charge is 2.22. The summed E-state index contributed by atoms with van der Waals surface area (Å²) in [7, 11) is 0. The van der Waals surface area contributed by atoms with Crippen molar-refractivity contribution in [1.82, 2.24) is 4.90 Å². The van der Waals surface area contributed by atoms with E-state index in [1.165, 1.54) is 19.9 Å². The highest BCUT2D eigenvalue weighted by molar-refractivity contribution is 5.96. The molecule has 2 rings (SSSR count). The molecule has 2 nitrogen and oxygen atoms in total. The van der Waals surface area contributed by atoms with Crippen molar-refractivity contribution in [1.29, 1.82) is 0 Å². The van der Waals surface area contributed by atoms with Gasteiger partial charge in [0.1, 0.15) is 0 Å². The van der Waals surface area contributed by atoms with E-state index < -0.39 is 11.6 Å². The van der Waals surface area contributed by atoms with Crippen molar-refractivity contribution in [3.63, 3.8) is 0 Å². The monoisotopic (exact) mass is 267 g/mol. The molecule has 0 bridgehead atoms. The van der Waals surface area contributed by atoms with Gasteiger partial charge >= 0.3 is 0 Å². The zero-order chi connectivity index (χ0) is 14.0. The minimum atomic E-state index is -0.904. The first-order valence-electron chi connectivity index (χ1n) is 6.77. The third-order valence-electron chi connectivity index (χ3n) is 3.76. The van der Waals surface area contributed by atoms with Crippen LogP contribution in [0.5, 0.6) is 0 Å². The lowest BCUT2D eigenvalue weighted by molar-refractivity contribution is 0.0760. The van der Waals surface area contributed by atoms with Crippen LogP contribution >= 0.6 is 0 Å². The predicted octanol–water partition coefficient (Wildman–Crippen LogP) is 3.60. The van der Waals surface area contributed by atoms with E-state index in [-0.39, 0.29) is 17.0 Å². The number of carbonyl (C=O) groups is 1. The number of likely N-dealkylation sites (tertiary alicyclic amines) is 1. The molecule has 0 radical (unpaired) electrons. The first-order chi connectivity index (χ1) is 9.02. The maximum absolute atomic E-state index is 13.7. The minimum Gasteiger partial charge on any atom is -0.339 e. The SMILES string of the molecule is Cc1cc(C(=O)N2CCCCCC2)c(C)c(F)c1F. The molecule has 0 spiro atoms. The van der Waals surface area contributed by atoms with Crippen molar-refractivity contribution in [3.8, 4) is 0 Å². The molecule has 1 aromatic carbocycles. The second-order valence-electron chi connectivity index (χ2n) is 5.20. The Morgan fingerprint density at radius 1 is 1.05 bits per heavy atom. The van der Waals surface area contributed by atoms with Gasteiger partial charge in [-0.25, -0.2) is 8.78 Å². The molecule has 0 unspecified atom stereocenters. The minimum absolute atomic E-state index is 0.109. The lowest BCUT2D eigenvalue weighted by Gasteiger charge is -2.22. The van der Waals surface area contributed by atoms with E-state index in [1.807, 2.05) is 0 Å². The summed E-state index contributed by atoms with van der Waals surface area (Å²) in [4.78, 5) is 14.2. The highest BCUT2D eigenvalue weighted by atomic mass is 19.2. The van der Waals surface area contributed by atoms with Crippen LogP contribution in [-0.2, 0) is 0 Å². The fourth-order valence-electron chi connectivity index (χ4n) is 2.51. The van der Waals surface area contributed by atoms with Crippen LogP contribution in [0.15, 0.2) is 6.07 Å². The third kappa shape index (κ3) is 2.77. The second kappa shape index (κ2) is 5.68. The van der Waals surface area contributed by atoms with Crippen LogP contribution < -0.4 is 0 Å². The van der Waals surface area contributed by atoms with Crippen LogP contribution in [0.3, 0.4) is 0 Å². The number of benzene rings is 1. The zero-order valence-electron chi connectivity index (χ0n) is 11.4. The molecule has 1 fully saturated rings. The lowest BCUT2D eigenvalue weighted by atomic mass is 10.0. The fourth-order valence-corrected chi connectivity index (χ4v) is 2.51. The van der Waals surface area contributed by atoms with E-state index >= 15 is 0 Å². The fraction of sp³-hybridized carbons (Fsp3) is 0.533. The number of rotatable bonds is 1. The molecular weight excluding hydrogens is 248 g/mol. The summed E-state index contributed by atoms with van der Waals surface area (Å²) in [6.45, 7) is 4.35. The average molecular weight is 267 g/mol. The van der Waals surface area contributed by atoms with Gasteiger partial charge in [0, 0.05) is 24.2 Å². The Hall–Kier alpha value is -1.45. The quantitative estimate of drug-likeness (QED) is 0.761. The topological polar surface area (TPSA) is 20.3 Å². The predicted molar refractivity (Wildman–Crippen MR) is 70.2 cm³/mol. The summed E-state index contributed by atoms with van der Waals surface area (Å²) in [6, 6.07) is 1.46. The Balaban J connectivity index is 2.33. The second-order valence-corrected chi connectivity index (χ2v) is 5.20. The Bertz CT molecular complexity index is 491. The van der Waals surface area contributed by atoms with E-state index in [0.29, 0.717) is 18.7 Å². The number of nitrogens with zero attached hydrogens (tertiary/aromatic N) is 1. The van der Waals surface area contributed by atoms with Gasteiger partial charge in [-0.1, -0.05) is 12.8 Å². The summed E-state index contributed by atoms with van der Waals surface area (Å²) < 4.78 is 27.2. The molecule has 104 valence electrons. The number of carbonyl (C=O) groups excluding carboxylic acids is 1. The van der Waals surface area contributed by atoms with Gasteiger partial charge in [0.25, 0.3) is 5.91 Å². The highest BCUT2D eigenvalue weighted by Crippen LogP contribution is 2.22. The van der Waals surface area contributed by atoms with Crippen LogP contribution in [-0.4, -0.2) is 23.9 Å². The summed E-state index contributed by atoms with van der Waals surface area (Å²) in [6.07, 6.45) is 4.21. The van der Waals surface area contributed by atoms with Crippen molar-refractivity contribution >= 4 is 5.91 Å². The number of hydrogen-bond donors (Lipinski definition) is 0. The smallest absolute Gasteiger partial charge is 0.254 e. The summed E-state index contributed by atoms with van der Waals surface area (Å²) in [5, 5.41) is 0. The van der Waals surface area contributed by atoms with E-state index in [2.05, 4.69) is 0 Å². The largest absolute Gasteiger partial charge is 0.339 e. The van der Waals surface area contributed by atoms with Gasteiger partial charge in [-0.3, -0.25) is 4.79 Å². The average Bonchev–Trinajstić information content (AvgIpc) is 2.68. The van der Waals surface area contributed by atoms with Crippen LogP contribution in [0.4, 0.5) is 8.78 Å². The van der Waals surface area contributed by atoms with Gasteiger partial charge in [-0.15, -0.1) is 0 Å². The van der Waals surface area contributed by atoms with Crippen molar-refractivity contribution in [2.75, 3.05) is 13.1 Å². The first-order valence-corrected chi connectivity index (χ1v) is 6.77. The molecule has 4 heteroatoms. The molecule has 1 aliphatic heterocycles. The molecule has 0 saturated carbocycles. The maximum atomic E-state index is 13.7. The number of amides is 1. The van der Waals surface area contributed by atoms with Crippen molar-refractivity contribution < 1.29 is 13.6 Å².